The number of benzene rings is 1. The number of nitrogens with zero attached hydrogens (tertiary/aromatic N) is 2. The zero-order valence-corrected chi connectivity index (χ0v) is 16.0. The molecule has 6 heteroatoms. The lowest BCUT2D eigenvalue weighted by atomic mass is 10.1. The fourth-order valence-electron chi connectivity index (χ4n) is 3.36. The van der Waals surface area contributed by atoms with Gasteiger partial charge >= 0.3 is 0 Å². The van der Waals surface area contributed by atoms with Crippen LogP contribution in [0.3, 0.4) is 0 Å². The van der Waals surface area contributed by atoms with Gasteiger partial charge in [0.05, 0.1) is 13.1 Å². The van der Waals surface area contributed by atoms with E-state index in [4.69, 9.17) is 10.5 Å². The highest BCUT2D eigenvalue weighted by Gasteiger charge is 2.23. The van der Waals surface area contributed by atoms with Gasteiger partial charge in [-0.2, -0.15) is 0 Å². The largest absolute Gasteiger partial charge is 0.488 e. The van der Waals surface area contributed by atoms with Crippen LogP contribution in [0.4, 0.5) is 0 Å². The summed E-state index contributed by atoms with van der Waals surface area (Å²) in [5.41, 5.74) is 7.26. The second-order valence-electron chi connectivity index (χ2n) is 6.08. The second-order valence-corrected chi connectivity index (χ2v) is 6.08. The Hall–Kier alpha value is -1.02. The Morgan fingerprint density at radius 2 is 2.26 bits per heavy atom. The molecule has 0 saturated carbocycles. The molecule has 2 unspecified atom stereocenters. The summed E-state index contributed by atoms with van der Waals surface area (Å²) in [7, 11) is 0. The fourth-order valence-corrected chi connectivity index (χ4v) is 3.36. The number of likely N-dealkylation sites (N-methyl/N-ethyl adjacent to an activating group) is 1. The number of halogens is 1. The molecule has 2 aliphatic rings. The van der Waals surface area contributed by atoms with E-state index < -0.39 is 0 Å². The molecule has 0 spiro atoms. The van der Waals surface area contributed by atoms with E-state index in [2.05, 4.69) is 34.3 Å². The van der Waals surface area contributed by atoms with Crippen molar-refractivity contribution >= 4 is 29.9 Å². The highest BCUT2D eigenvalue weighted by Crippen LogP contribution is 2.27. The number of guanidine groups is 1. The van der Waals surface area contributed by atoms with Crippen LogP contribution in [0.15, 0.2) is 29.3 Å². The predicted molar refractivity (Wildman–Crippen MR) is 105 cm³/mol. The molecular weight excluding hydrogens is 403 g/mol. The first-order chi connectivity index (χ1) is 10.8. The van der Waals surface area contributed by atoms with Crippen LogP contribution < -0.4 is 15.8 Å². The number of ether oxygens (including phenoxy) is 1. The van der Waals surface area contributed by atoms with Gasteiger partial charge in [-0.15, -0.1) is 24.0 Å². The van der Waals surface area contributed by atoms with Crippen molar-refractivity contribution in [2.45, 2.75) is 38.3 Å². The smallest absolute Gasteiger partial charge is 0.188 e. The van der Waals surface area contributed by atoms with Crippen molar-refractivity contribution in [2.75, 3.05) is 26.2 Å². The summed E-state index contributed by atoms with van der Waals surface area (Å²) in [4.78, 5) is 6.98. The summed E-state index contributed by atoms with van der Waals surface area (Å²) >= 11 is 0. The quantitative estimate of drug-likeness (QED) is 0.426. The molecule has 3 N–H and O–H groups in total. The molecule has 3 rings (SSSR count). The molecule has 2 aliphatic heterocycles. The van der Waals surface area contributed by atoms with E-state index in [0.29, 0.717) is 18.5 Å². The molecule has 0 aromatic heterocycles. The van der Waals surface area contributed by atoms with Crippen LogP contribution >= 0.6 is 24.0 Å². The predicted octanol–water partition coefficient (Wildman–Crippen LogP) is 2.00. The van der Waals surface area contributed by atoms with Gasteiger partial charge in [-0.3, -0.25) is 9.89 Å². The van der Waals surface area contributed by atoms with Gasteiger partial charge in [-0.1, -0.05) is 25.1 Å². The zero-order chi connectivity index (χ0) is 15.4. The van der Waals surface area contributed by atoms with Crippen molar-refractivity contribution in [1.29, 1.82) is 0 Å². The molecule has 2 atom stereocenters. The number of para-hydroxylation sites is 1. The van der Waals surface area contributed by atoms with Gasteiger partial charge in [0.1, 0.15) is 11.9 Å². The normalized spacial score (nSPS) is 24.0. The standard InChI is InChI=1S/C17H26N4O.HI/c1-2-21-9-5-7-14(21)11-19-17(18)20-12-15-10-13-6-3-4-8-16(13)22-15;/h3-4,6,8,14-15H,2,5,7,9-12H2,1H3,(H3,18,19,20);1H. The molecule has 5 nitrogen and oxygen atoms in total. The third-order valence-electron chi connectivity index (χ3n) is 4.60. The minimum atomic E-state index is 0. The minimum Gasteiger partial charge on any atom is -0.488 e. The third-order valence-corrected chi connectivity index (χ3v) is 4.60. The van der Waals surface area contributed by atoms with Crippen molar-refractivity contribution in [1.82, 2.24) is 10.2 Å². The molecule has 23 heavy (non-hydrogen) atoms. The number of aliphatic imine (C=N–C) groups is 1. The van der Waals surface area contributed by atoms with Crippen LogP contribution in [0.25, 0.3) is 0 Å². The number of likely N-dealkylation sites (tertiary alicyclic amines) is 1. The van der Waals surface area contributed by atoms with Gasteiger partial charge in [0.2, 0.25) is 0 Å². The van der Waals surface area contributed by atoms with Crippen molar-refractivity contribution in [2.24, 2.45) is 10.7 Å². The molecule has 0 radical (unpaired) electrons. The first kappa shape index (κ1) is 18.3. The number of fused-ring (bicyclic) bond motifs is 1. The maximum absolute atomic E-state index is 5.99. The molecular formula is C17H27IN4O. The molecule has 128 valence electrons. The van der Waals surface area contributed by atoms with Gasteiger partial charge < -0.3 is 15.8 Å². The van der Waals surface area contributed by atoms with E-state index >= 15 is 0 Å². The van der Waals surface area contributed by atoms with Crippen LogP contribution in [0.5, 0.6) is 5.75 Å². The van der Waals surface area contributed by atoms with Gasteiger partial charge in [0.15, 0.2) is 5.96 Å². The van der Waals surface area contributed by atoms with Gasteiger partial charge in [0.25, 0.3) is 0 Å². The highest BCUT2D eigenvalue weighted by atomic mass is 127. The van der Waals surface area contributed by atoms with Gasteiger partial charge in [0, 0.05) is 12.5 Å². The van der Waals surface area contributed by atoms with E-state index in [-0.39, 0.29) is 30.1 Å². The second kappa shape index (κ2) is 8.73. The first-order valence-electron chi connectivity index (χ1n) is 8.28. The Kier molecular flexibility index (Phi) is 6.95. The van der Waals surface area contributed by atoms with Gasteiger partial charge in [-0.05, 0) is 37.6 Å². The summed E-state index contributed by atoms with van der Waals surface area (Å²) in [5, 5.41) is 3.20. The number of nitrogens with two attached hydrogens (primary N) is 1. The Labute approximate surface area is 155 Å². The molecule has 2 heterocycles. The van der Waals surface area contributed by atoms with E-state index in [1.54, 1.807) is 0 Å². The average molecular weight is 430 g/mol. The minimum absolute atomic E-state index is 0. The summed E-state index contributed by atoms with van der Waals surface area (Å²) in [6, 6.07) is 8.75. The third kappa shape index (κ3) is 4.73. The van der Waals surface area contributed by atoms with Crippen LogP contribution in [0, 0.1) is 0 Å². The molecule has 1 aromatic rings. The summed E-state index contributed by atoms with van der Waals surface area (Å²) < 4.78 is 5.89. The number of hydrogen-bond acceptors (Lipinski definition) is 3. The van der Waals surface area contributed by atoms with E-state index in [9.17, 15) is 0 Å². The van der Waals surface area contributed by atoms with E-state index in [0.717, 1.165) is 25.3 Å². The summed E-state index contributed by atoms with van der Waals surface area (Å²) in [5.74, 6) is 1.52. The van der Waals surface area contributed by atoms with Crippen LogP contribution in [0.2, 0.25) is 0 Å². The molecule has 1 aromatic carbocycles. The van der Waals surface area contributed by atoms with E-state index in [1.807, 2.05) is 12.1 Å². The Morgan fingerprint density at radius 3 is 3.04 bits per heavy atom. The first-order valence-corrected chi connectivity index (χ1v) is 8.28. The van der Waals surface area contributed by atoms with Crippen LogP contribution in [-0.2, 0) is 6.42 Å². The zero-order valence-electron chi connectivity index (χ0n) is 13.7. The SMILES string of the molecule is CCN1CCCC1CN=C(N)NCC1Cc2ccccc2O1.I. The highest BCUT2D eigenvalue weighted by molar-refractivity contribution is 14.0. The topological polar surface area (TPSA) is 62.9 Å². The molecule has 0 bridgehead atoms. The molecule has 1 saturated heterocycles. The Morgan fingerprint density at radius 1 is 1.43 bits per heavy atom. The van der Waals surface area contributed by atoms with Gasteiger partial charge in [-0.25, -0.2) is 0 Å². The lowest BCUT2D eigenvalue weighted by Crippen LogP contribution is -2.40. The summed E-state index contributed by atoms with van der Waals surface area (Å²) in [6.45, 7) is 5.99. The maximum atomic E-state index is 5.99. The van der Waals surface area contributed by atoms with Crippen molar-refractivity contribution in [3.63, 3.8) is 0 Å². The molecule has 1 fully saturated rings. The molecule has 0 aliphatic carbocycles. The Balaban J connectivity index is 0.00000192. The number of hydrogen-bond donors (Lipinski definition) is 2. The van der Waals surface area contributed by atoms with Crippen molar-refractivity contribution in [3.05, 3.63) is 29.8 Å². The van der Waals surface area contributed by atoms with Crippen LogP contribution in [-0.4, -0.2) is 49.2 Å². The number of rotatable bonds is 5. The lowest BCUT2D eigenvalue weighted by Gasteiger charge is -2.21. The van der Waals surface area contributed by atoms with Crippen molar-refractivity contribution in [3.8, 4) is 5.75 Å². The average Bonchev–Trinajstić information content (AvgIpc) is 3.16. The number of nitrogens with one attached hydrogen (secondary N) is 1. The summed E-state index contributed by atoms with van der Waals surface area (Å²) in [6.07, 6.45) is 3.58. The Bertz CT molecular complexity index is 512. The fraction of sp³-hybridized carbons (Fsp3) is 0.588. The van der Waals surface area contributed by atoms with Crippen LogP contribution in [0.1, 0.15) is 25.3 Å². The van der Waals surface area contributed by atoms with Crippen molar-refractivity contribution < 1.29 is 4.74 Å². The lowest BCUT2D eigenvalue weighted by molar-refractivity contribution is 0.235. The maximum Gasteiger partial charge on any atom is 0.188 e. The molecule has 0 amide bonds. The van der Waals surface area contributed by atoms with E-state index in [1.165, 1.54) is 24.9 Å². The monoisotopic (exact) mass is 430 g/mol.